The molecule has 1 amide bonds. The highest BCUT2D eigenvalue weighted by Gasteiger charge is 2.36. The molecule has 1 saturated heterocycles. The first-order valence-electron chi connectivity index (χ1n) is 10.2. The van der Waals surface area contributed by atoms with Gasteiger partial charge in [0.1, 0.15) is 5.82 Å². The number of amides is 1. The van der Waals surface area contributed by atoms with Gasteiger partial charge in [-0.25, -0.2) is 9.18 Å². The van der Waals surface area contributed by atoms with Crippen LogP contribution in [0.3, 0.4) is 0 Å². The van der Waals surface area contributed by atoms with Gasteiger partial charge >= 0.3 is 18.4 Å². The molecule has 188 valence electrons. The van der Waals surface area contributed by atoms with E-state index in [4.69, 9.17) is 0 Å². The second kappa shape index (κ2) is 11.5. The SMILES string of the molecule is CNCc1cc(C(F)(F)F)cc(C(F)(F)F)c1.O=C(O)N1CCNCC[C@@H]1c1ccc(F)cc1. The maximum absolute atomic E-state index is 12.8. The molecule has 1 atom stereocenters. The van der Waals surface area contributed by atoms with E-state index in [1.165, 1.54) is 24.1 Å². The lowest BCUT2D eigenvalue weighted by Crippen LogP contribution is -2.35. The number of hydrogen-bond acceptors (Lipinski definition) is 3. The van der Waals surface area contributed by atoms with E-state index in [1.807, 2.05) is 0 Å². The number of rotatable bonds is 3. The number of hydrogen-bond donors (Lipinski definition) is 3. The quantitative estimate of drug-likeness (QED) is 0.507. The molecule has 1 heterocycles. The Morgan fingerprint density at radius 1 is 1.03 bits per heavy atom. The van der Waals surface area contributed by atoms with Crippen LogP contribution in [-0.4, -0.2) is 42.8 Å². The van der Waals surface area contributed by atoms with E-state index < -0.39 is 29.6 Å². The topological polar surface area (TPSA) is 64.6 Å². The smallest absolute Gasteiger partial charge is 0.416 e. The zero-order chi connectivity index (χ0) is 25.5. The molecule has 2 aromatic carbocycles. The van der Waals surface area contributed by atoms with Gasteiger partial charge in [0.25, 0.3) is 0 Å². The van der Waals surface area contributed by atoms with Crippen LogP contribution in [-0.2, 0) is 18.9 Å². The van der Waals surface area contributed by atoms with Crippen LogP contribution in [0.25, 0.3) is 0 Å². The monoisotopic (exact) mass is 495 g/mol. The summed E-state index contributed by atoms with van der Waals surface area (Å²) >= 11 is 0. The number of halogens is 7. The summed E-state index contributed by atoms with van der Waals surface area (Å²) in [6.45, 7) is 1.82. The molecule has 2 aromatic rings. The summed E-state index contributed by atoms with van der Waals surface area (Å²) in [5.74, 6) is -0.303. The third-order valence-electron chi connectivity index (χ3n) is 5.03. The van der Waals surface area contributed by atoms with Gasteiger partial charge in [0.05, 0.1) is 17.2 Å². The highest BCUT2D eigenvalue weighted by molar-refractivity contribution is 5.66. The van der Waals surface area contributed by atoms with Crippen molar-refractivity contribution in [3.8, 4) is 0 Å². The zero-order valence-electron chi connectivity index (χ0n) is 18.1. The third-order valence-corrected chi connectivity index (χ3v) is 5.03. The first-order valence-corrected chi connectivity index (χ1v) is 10.2. The third kappa shape index (κ3) is 7.87. The maximum Gasteiger partial charge on any atom is 0.416 e. The lowest BCUT2D eigenvalue weighted by Gasteiger charge is -2.27. The number of alkyl halides is 6. The summed E-state index contributed by atoms with van der Waals surface area (Å²) in [4.78, 5) is 12.6. The minimum absolute atomic E-state index is 0.0605. The van der Waals surface area contributed by atoms with Crippen molar-refractivity contribution in [1.29, 1.82) is 0 Å². The van der Waals surface area contributed by atoms with Gasteiger partial charge in [0.15, 0.2) is 0 Å². The van der Waals surface area contributed by atoms with Gasteiger partial charge in [-0.05, 0) is 61.5 Å². The number of nitrogens with one attached hydrogen (secondary N) is 2. The molecule has 5 nitrogen and oxygen atoms in total. The van der Waals surface area contributed by atoms with E-state index in [0.717, 1.165) is 12.1 Å². The van der Waals surface area contributed by atoms with E-state index >= 15 is 0 Å². The molecule has 1 fully saturated rings. The Morgan fingerprint density at radius 2 is 1.59 bits per heavy atom. The second-order valence-electron chi connectivity index (χ2n) is 7.53. The van der Waals surface area contributed by atoms with Crippen molar-refractivity contribution in [2.45, 2.75) is 31.4 Å². The fourth-order valence-electron chi connectivity index (χ4n) is 3.46. The minimum Gasteiger partial charge on any atom is -0.465 e. The van der Waals surface area contributed by atoms with Gasteiger partial charge in [-0.1, -0.05) is 12.1 Å². The van der Waals surface area contributed by atoms with Crippen molar-refractivity contribution in [2.24, 2.45) is 0 Å². The summed E-state index contributed by atoms with van der Waals surface area (Å²) < 4.78 is 87.2. The Kier molecular flexibility index (Phi) is 9.28. The van der Waals surface area contributed by atoms with Crippen molar-refractivity contribution < 1.29 is 40.6 Å². The van der Waals surface area contributed by atoms with Crippen LogP contribution in [0, 0.1) is 5.82 Å². The molecule has 0 saturated carbocycles. The van der Waals surface area contributed by atoms with Crippen molar-refractivity contribution in [2.75, 3.05) is 26.7 Å². The Balaban J connectivity index is 0.000000240. The fraction of sp³-hybridized carbons (Fsp3) is 0.409. The molecule has 1 aliphatic heterocycles. The summed E-state index contributed by atoms with van der Waals surface area (Å²) in [5.41, 5.74) is -1.80. The van der Waals surface area contributed by atoms with Gasteiger partial charge in [-0.2, -0.15) is 26.3 Å². The lowest BCUT2D eigenvalue weighted by atomic mass is 10.0. The molecule has 0 aromatic heterocycles. The van der Waals surface area contributed by atoms with Gasteiger partial charge in [0.2, 0.25) is 0 Å². The van der Waals surface area contributed by atoms with Crippen molar-refractivity contribution in [3.63, 3.8) is 0 Å². The number of carbonyl (C=O) groups is 1. The Hall–Kier alpha value is -2.86. The van der Waals surface area contributed by atoms with Crippen LogP contribution in [0.4, 0.5) is 35.5 Å². The fourth-order valence-corrected chi connectivity index (χ4v) is 3.46. The van der Waals surface area contributed by atoms with E-state index in [1.54, 1.807) is 12.1 Å². The molecule has 12 heteroatoms. The average molecular weight is 495 g/mol. The molecule has 0 radical (unpaired) electrons. The first-order chi connectivity index (χ1) is 15.8. The summed E-state index contributed by atoms with van der Waals surface area (Å²) in [6.07, 6.45) is -9.80. The molecule has 34 heavy (non-hydrogen) atoms. The normalized spacial score (nSPS) is 16.9. The second-order valence-corrected chi connectivity index (χ2v) is 7.53. The molecule has 0 spiro atoms. The summed E-state index contributed by atoms with van der Waals surface area (Å²) in [7, 11) is 1.44. The molecule has 0 unspecified atom stereocenters. The molecular formula is C22H24F7N3O2. The Labute approximate surface area is 191 Å². The van der Waals surface area contributed by atoms with E-state index in [9.17, 15) is 40.6 Å². The molecule has 3 N–H and O–H groups in total. The van der Waals surface area contributed by atoms with E-state index in [0.29, 0.717) is 31.6 Å². The molecule has 0 bridgehead atoms. The number of benzene rings is 2. The van der Waals surface area contributed by atoms with E-state index in [-0.39, 0.29) is 30.0 Å². The predicted octanol–water partition coefficient (Wildman–Crippen LogP) is 5.28. The van der Waals surface area contributed by atoms with Crippen molar-refractivity contribution in [3.05, 3.63) is 70.5 Å². The highest BCUT2D eigenvalue weighted by atomic mass is 19.4. The molecular weight excluding hydrogens is 471 g/mol. The highest BCUT2D eigenvalue weighted by Crippen LogP contribution is 2.36. The molecule has 1 aliphatic rings. The van der Waals surface area contributed by atoms with Gasteiger partial charge in [-0.3, -0.25) is 0 Å². The van der Waals surface area contributed by atoms with Crippen LogP contribution in [0.2, 0.25) is 0 Å². The predicted molar refractivity (Wildman–Crippen MR) is 111 cm³/mol. The maximum atomic E-state index is 12.8. The van der Waals surface area contributed by atoms with Gasteiger partial charge in [-0.15, -0.1) is 0 Å². The van der Waals surface area contributed by atoms with Gasteiger partial charge in [0, 0.05) is 19.6 Å². The Morgan fingerprint density at radius 3 is 2.06 bits per heavy atom. The molecule has 0 aliphatic carbocycles. The van der Waals surface area contributed by atoms with Crippen molar-refractivity contribution >= 4 is 6.09 Å². The van der Waals surface area contributed by atoms with E-state index in [2.05, 4.69) is 10.6 Å². The Bertz CT molecular complexity index is 915. The lowest BCUT2D eigenvalue weighted by molar-refractivity contribution is -0.143. The minimum atomic E-state index is -4.79. The van der Waals surface area contributed by atoms with Crippen LogP contribution >= 0.6 is 0 Å². The van der Waals surface area contributed by atoms with Crippen LogP contribution < -0.4 is 10.6 Å². The average Bonchev–Trinajstić information content (AvgIpc) is 3.00. The number of nitrogens with zero attached hydrogens (tertiary/aromatic N) is 1. The summed E-state index contributed by atoms with van der Waals surface area (Å²) in [6, 6.07) is 7.36. The summed E-state index contributed by atoms with van der Waals surface area (Å²) in [5, 5.41) is 14.8. The van der Waals surface area contributed by atoms with Gasteiger partial charge < -0.3 is 20.6 Å². The van der Waals surface area contributed by atoms with Crippen LogP contribution in [0.1, 0.15) is 34.7 Å². The largest absolute Gasteiger partial charge is 0.465 e. The number of carboxylic acid groups (broad SMARTS) is 1. The molecule has 3 rings (SSSR count). The zero-order valence-corrected chi connectivity index (χ0v) is 18.1. The first kappa shape index (κ1) is 27.4. The van der Waals surface area contributed by atoms with Crippen molar-refractivity contribution in [1.82, 2.24) is 15.5 Å². The standard InChI is InChI=1S/C12H15FN2O2.C10H9F6N/c13-10-3-1-9(2-4-10)11-5-6-14-7-8-15(11)12(16)17;1-17-5-6-2-7(9(11,12)13)4-8(3-6)10(14,15)16/h1-4,11,14H,5-8H2,(H,16,17);2-4,17H,5H2,1H3/t11-;/m1./s1. The van der Waals surface area contributed by atoms with Crippen LogP contribution in [0.5, 0.6) is 0 Å². The van der Waals surface area contributed by atoms with Crippen LogP contribution in [0.15, 0.2) is 42.5 Å².